The number of allylic oxidation sites excluding steroid dienone is 1. The monoisotopic (exact) mass is 463 g/mol. The van der Waals surface area contributed by atoms with Crippen molar-refractivity contribution < 1.29 is 19.4 Å². The Hall–Kier alpha value is -3.29. The summed E-state index contributed by atoms with van der Waals surface area (Å²) in [5, 5.41) is 14.3. The van der Waals surface area contributed by atoms with Crippen molar-refractivity contribution in [2.75, 3.05) is 14.2 Å². The average Bonchev–Trinajstić information content (AvgIpc) is 3.27. The Kier molecular flexibility index (Phi) is 8.73. The lowest BCUT2D eigenvalue weighted by Gasteiger charge is -2.27. The fourth-order valence-corrected chi connectivity index (χ4v) is 3.85. The summed E-state index contributed by atoms with van der Waals surface area (Å²) in [6.07, 6.45) is 7.49. The van der Waals surface area contributed by atoms with Crippen molar-refractivity contribution in [3.63, 3.8) is 0 Å². The Morgan fingerprint density at radius 3 is 2.41 bits per heavy atom. The molecule has 0 spiro atoms. The zero-order valence-corrected chi connectivity index (χ0v) is 20.3. The topological polar surface area (TPSA) is 86.5 Å². The van der Waals surface area contributed by atoms with Crippen molar-refractivity contribution in [3.8, 4) is 11.1 Å². The predicted octanol–water partition coefficient (Wildman–Crippen LogP) is 5.75. The van der Waals surface area contributed by atoms with Gasteiger partial charge in [-0.15, -0.1) is 5.10 Å². The number of nitrogens with zero attached hydrogens (tertiary/aromatic N) is 3. The van der Waals surface area contributed by atoms with Crippen molar-refractivity contribution in [2.24, 2.45) is 0 Å². The molecular formula is C27H33N3O4. The minimum atomic E-state index is -0.986. The third-order valence-corrected chi connectivity index (χ3v) is 5.82. The lowest BCUT2D eigenvalue weighted by molar-refractivity contribution is -0.226. The van der Waals surface area contributed by atoms with Crippen LogP contribution in [0, 0.1) is 0 Å². The number of aromatic carboxylic acids is 1. The van der Waals surface area contributed by atoms with E-state index in [-0.39, 0.29) is 5.56 Å². The number of ether oxygens (including phenoxy) is 2. The van der Waals surface area contributed by atoms with Gasteiger partial charge in [0.15, 0.2) is 5.82 Å². The Balaban J connectivity index is 1.93. The molecular weight excluding hydrogens is 430 g/mol. The fraction of sp³-hybridized carbons (Fsp3) is 0.370. The lowest BCUT2D eigenvalue weighted by atomic mass is 9.99. The molecule has 0 saturated heterocycles. The van der Waals surface area contributed by atoms with E-state index in [9.17, 15) is 9.90 Å². The van der Waals surface area contributed by atoms with Crippen LogP contribution < -0.4 is 0 Å². The summed E-state index contributed by atoms with van der Waals surface area (Å²) in [6.45, 7) is 4.70. The zero-order chi connectivity index (χ0) is 24.6. The van der Waals surface area contributed by atoms with Crippen molar-refractivity contribution in [3.05, 3.63) is 77.4 Å². The first kappa shape index (κ1) is 25.3. The molecule has 180 valence electrons. The highest BCUT2D eigenvalue weighted by Crippen LogP contribution is 2.30. The van der Waals surface area contributed by atoms with E-state index in [0.29, 0.717) is 24.4 Å². The van der Waals surface area contributed by atoms with E-state index in [1.165, 1.54) is 0 Å². The van der Waals surface area contributed by atoms with Crippen molar-refractivity contribution in [1.29, 1.82) is 0 Å². The van der Waals surface area contributed by atoms with Gasteiger partial charge in [0.05, 0.1) is 12.1 Å². The Morgan fingerprint density at radius 2 is 1.79 bits per heavy atom. The Labute approximate surface area is 201 Å². The standard InChI is InChI=1S/C27H33N3O4/c1-5-7-13-24-28-26(27(33-3,34-4)18-8-6-2)29-30(24)19-20-14-16-21(17-15-20)22-11-9-10-12-23(22)25(31)32/h7,9-17H,5-6,8,18-19H2,1-4H3,(H,31,32). The van der Waals surface area contributed by atoms with Crippen LogP contribution in [0.2, 0.25) is 0 Å². The number of carboxylic acid groups (broad SMARTS) is 1. The minimum absolute atomic E-state index is 0.283. The van der Waals surface area contributed by atoms with E-state index >= 15 is 0 Å². The summed E-state index contributed by atoms with van der Waals surface area (Å²) >= 11 is 0. The van der Waals surface area contributed by atoms with Gasteiger partial charge in [0.1, 0.15) is 0 Å². The molecule has 0 bridgehead atoms. The quantitative estimate of drug-likeness (QED) is 0.344. The molecule has 7 nitrogen and oxygen atoms in total. The van der Waals surface area contributed by atoms with Crippen LogP contribution in [0.25, 0.3) is 17.2 Å². The van der Waals surface area contributed by atoms with Crippen LogP contribution >= 0.6 is 0 Å². The first-order valence-electron chi connectivity index (χ1n) is 11.6. The molecule has 0 amide bonds. The first-order chi connectivity index (χ1) is 16.5. The number of methoxy groups -OCH3 is 2. The molecule has 3 rings (SSSR count). The van der Waals surface area contributed by atoms with Gasteiger partial charge in [-0.3, -0.25) is 0 Å². The molecule has 1 aromatic heterocycles. The molecule has 0 aliphatic rings. The number of unbranched alkanes of at least 4 members (excludes halogenated alkanes) is 1. The van der Waals surface area contributed by atoms with Gasteiger partial charge in [-0.2, -0.15) is 0 Å². The maximum absolute atomic E-state index is 11.6. The summed E-state index contributed by atoms with van der Waals surface area (Å²) in [6, 6.07) is 14.9. The summed E-state index contributed by atoms with van der Waals surface area (Å²) in [7, 11) is 3.24. The van der Waals surface area contributed by atoms with E-state index in [4.69, 9.17) is 19.6 Å². The van der Waals surface area contributed by atoms with Crippen LogP contribution in [0.1, 0.15) is 67.1 Å². The van der Waals surface area contributed by atoms with Crippen molar-refractivity contribution in [2.45, 2.75) is 51.9 Å². The van der Waals surface area contributed by atoms with Gasteiger partial charge < -0.3 is 14.6 Å². The number of benzene rings is 2. The van der Waals surface area contributed by atoms with Crippen molar-refractivity contribution in [1.82, 2.24) is 14.8 Å². The maximum Gasteiger partial charge on any atom is 0.336 e. The lowest BCUT2D eigenvalue weighted by Crippen LogP contribution is -2.32. The van der Waals surface area contributed by atoms with Gasteiger partial charge in [0, 0.05) is 20.6 Å². The molecule has 0 fully saturated rings. The first-order valence-corrected chi connectivity index (χ1v) is 11.6. The number of hydrogen-bond donors (Lipinski definition) is 1. The van der Waals surface area contributed by atoms with E-state index in [1.807, 2.05) is 53.2 Å². The predicted molar refractivity (Wildman–Crippen MR) is 133 cm³/mol. The second-order valence-electron chi connectivity index (χ2n) is 8.07. The summed E-state index contributed by atoms with van der Waals surface area (Å²) in [4.78, 5) is 16.3. The summed E-state index contributed by atoms with van der Waals surface area (Å²) < 4.78 is 13.4. The third-order valence-electron chi connectivity index (χ3n) is 5.82. The van der Waals surface area contributed by atoms with Crippen LogP contribution in [0.3, 0.4) is 0 Å². The van der Waals surface area contributed by atoms with Gasteiger partial charge in [0.25, 0.3) is 0 Å². The van der Waals surface area contributed by atoms with Gasteiger partial charge in [-0.1, -0.05) is 68.8 Å². The highest BCUT2D eigenvalue weighted by molar-refractivity contribution is 5.95. The normalized spacial score (nSPS) is 11.9. The highest BCUT2D eigenvalue weighted by atomic mass is 16.7. The minimum Gasteiger partial charge on any atom is -0.478 e. The molecule has 2 aromatic carbocycles. The molecule has 0 radical (unpaired) electrons. The molecule has 3 aromatic rings. The van der Waals surface area contributed by atoms with Gasteiger partial charge in [-0.05, 0) is 41.7 Å². The summed E-state index contributed by atoms with van der Waals surface area (Å²) in [5.41, 5.74) is 2.85. The molecule has 0 aliphatic carbocycles. The number of carboxylic acids is 1. The van der Waals surface area contributed by atoms with Crippen LogP contribution in [0.15, 0.2) is 54.6 Å². The molecule has 0 unspecified atom stereocenters. The van der Waals surface area contributed by atoms with E-state index in [1.54, 1.807) is 26.4 Å². The van der Waals surface area contributed by atoms with Gasteiger partial charge in [-0.25, -0.2) is 14.5 Å². The third kappa shape index (κ3) is 5.61. The molecule has 34 heavy (non-hydrogen) atoms. The fourth-order valence-electron chi connectivity index (χ4n) is 3.85. The van der Waals surface area contributed by atoms with Crippen LogP contribution in [0.5, 0.6) is 0 Å². The van der Waals surface area contributed by atoms with E-state index < -0.39 is 11.8 Å². The van der Waals surface area contributed by atoms with Gasteiger partial charge >= 0.3 is 5.97 Å². The van der Waals surface area contributed by atoms with E-state index in [0.717, 1.165) is 36.2 Å². The zero-order valence-electron chi connectivity index (χ0n) is 20.3. The molecule has 0 saturated carbocycles. The Morgan fingerprint density at radius 1 is 1.09 bits per heavy atom. The molecule has 7 heteroatoms. The molecule has 1 heterocycles. The number of carbonyl (C=O) groups is 1. The second-order valence-corrected chi connectivity index (χ2v) is 8.07. The van der Waals surface area contributed by atoms with E-state index in [2.05, 4.69) is 13.8 Å². The summed E-state index contributed by atoms with van der Waals surface area (Å²) in [5.74, 6) is -0.689. The average molecular weight is 464 g/mol. The number of rotatable bonds is 12. The Bertz CT molecular complexity index is 1120. The second kappa shape index (κ2) is 11.7. The number of aromatic nitrogens is 3. The SMILES string of the molecule is CCC=Cc1nc(C(CCCC)(OC)OC)nn1Cc1ccc(-c2ccccc2C(=O)O)cc1. The highest BCUT2D eigenvalue weighted by Gasteiger charge is 2.36. The molecule has 0 atom stereocenters. The van der Waals surface area contributed by atoms with Gasteiger partial charge in [0.2, 0.25) is 11.6 Å². The largest absolute Gasteiger partial charge is 0.478 e. The van der Waals surface area contributed by atoms with Crippen LogP contribution in [-0.2, 0) is 21.8 Å². The smallest absolute Gasteiger partial charge is 0.336 e. The van der Waals surface area contributed by atoms with Crippen LogP contribution in [-0.4, -0.2) is 40.1 Å². The van der Waals surface area contributed by atoms with Crippen molar-refractivity contribution >= 4 is 12.0 Å². The number of hydrogen-bond acceptors (Lipinski definition) is 5. The molecule has 1 N–H and O–H groups in total. The maximum atomic E-state index is 11.6. The molecule has 0 aliphatic heterocycles. The van der Waals surface area contributed by atoms with Crippen LogP contribution in [0.4, 0.5) is 0 Å².